The molecule has 0 aromatic carbocycles. The first-order valence-electron chi connectivity index (χ1n) is 6.01. The van der Waals surface area contributed by atoms with E-state index in [-0.39, 0.29) is 23.3 Å². The van der Waals surface area contributed by atoms with Gasteiger partial charge in [-0.05, 0) is 57.0 Å². The number of amides is 1. The van der Waals surface area contributed by atoms with Gasteiger partial charge in [0.15, 0.2) is 0 Å². The average Bonchev–Trinajstić information content (AvgIpc) is 2.23. The zero-order valence-corrected chi connectivity index (χ0v) is 15.6. The van der Waals surface area contributed by atoms with Crippen LogP contribution in [0.4, 0.5) is 0 Å². The molecule has 0 atom stereocenters. The average molecular weight is 488 g/mol. The molecule has 0 aliphatic carbocycles. The van der Waals surface area contributed by atoms with Crippen molar-refractivity contribution in [2.75, 3.05) is 6.54 Å². The number of hydrogen-bond donors (Lipinski definition) is 1. The van der Waals surface area contributed by atoms with Gasteiger partial charge in [0.1, 0.15) is 6.54 Å². The highest BCUT2D eigenvalue weighted by Crippen LogP contribution is 2.16. The first-order chi connectivity index (χ1) is 8.69. The van der Waals surface area contributed by atoms with Gasteiger partial charge in [-0.3, -0.25) is 9.59 Å². The van der Waals surface area contributed by atoms with Gasteiger partial charge in [0.25, 0.3) is 0 Å². The number of carbonyl (C=O) groups is 1. The number of carbonyl (C=O) groups excluding carboxylic acids is 1. The molecule has 1 amide bonds. The van der Waals surface area contributed by atoms with Crippen molar-refractivity contribution >= 4 is 51.1 Å². The van der Waals surface area contributed by atoms with Crippen molar-refractivity contribution in [2.24, 2.45) is 5.41 Å². The largest absolute Gasteiger partial charge is 0.355 e. The third-order valence-electron chi connectivity index (χ3n) is 2.52. The number of halogens is 2. The molecule has 0 spiro atoms. The molecular weight excluding hydrogens is 470 g/mol. The van der Waals surface area contributed by atoms with Crippen molar-refractivity contribution in [2.45, 2.75) is 33.7 Å². The van der Waals surface area contributed by atoms with Crippen molar-refractivity contribution in [3.63, 3.8) is 0 Å². The molecule has 0 saturated heterocycles. The summed E-state index contributed by atoms with van der Waals surface area (Å²) in [5.41, 5.74) is 0.237. The molecule has 1 aromatic rings. The predicted molar refractivity (Wildman–Crippen MR) is 93.2 cm³/mol. The summed E-state index contributed by atoms with van der Waals surface area (Å²) in [6.07, 6.45) is 4.35. The maximum atomic E-state index is 11.8. The summed E-state index contributed by atoms with van der Waals surface area (Å²) in [5.74, 6) is -0.0282. The van der Waals surface area contributed by atoms with Crippen LogP contribution in [0.25, 0.3) is 0 Å². The van der Waals surface area contributed by atoms with Crippen LogP contribution in [0.15, 0.2) is 17.2 Å². The second-order valence-corrected chi connectivity index (χ2v) is 7.94. The van der Waals surface area contributed by atoms with Gasteiger partial charge in [-0.1, -0.05) is 20.8 Å². The summed E-state index contributed by atoms with van der Waals surface area (Å²) in [5, 5.41) is 2.90. The van der Waals surface area contributed by atoms with Gasteiger partial charge in [0.05, 0.1) is 7.14 Å². The van der Waals surface area contributed by atoms with E-state index in [2.05, 4.69) is 26.1 Å². The van der Waals surface area contributed by atoms with E-state index in [9.17, 15) is 9.59 Å². The molecule has 19 heavy (non-hydrogen) atoms. The minimum Gasteiger partial charge on any atom is -0.355 e. The van der Waals surface area contributed by atoms with Crippen molar-refractivity contribution in [1.82, 2.24) is 9.88 Å². The zero-order chi connectivity index (χ0) is 14.6. The van der Waals surface area contributed by atoms with E-state index in [0.29, 0.717) is 13.7 Å². The Kier molecular flexibility index (Phi) is 6.28. The van der Waals surface area contributed by atoms with Crippen LogP contribution in [0.2, 0.25) is 0 Å². The summed E-state index contributed by atoms with van der Waals surface area (Å²) >= 11 is 3.98. The molecule has 0 bridgehead atoms. The summed E-state index contributed by atoms with van der Waals surface area (Å²) < 4.78 is 3.01. The zero-order valence-electron chi connectivity index (χ0n) is 11.3. The molecule has 0 radical (unpaired) electrons. The highest BCUT2D eigenvalue weighted by molar-refractivity contribution is 14.1. The van der Waals surface area contributed by atoms with Crippen molar-refractivity contribution in [3.8, 4) is 0 Å². The van der Waals surface area contributed by atoms with Gasteiger partial charge in [0, 0.05) is 18.9 Å². The Bertz CT molecular complexity index is 492. The van der Waals surface area contributed by atoms with E-state index in [1.165, 1.54) is 0 Å². The lowest BCUT2D eigenvalue weighted by molar-refractivity contribution is -0.121. The Morgan fingerprint density at radius 2 is 1.79 bits per heavy atom. The number of aromatic nitrogens is 1. The first-order valence-corrected chi connectivity index (χ1v) is 8.16. The minimum atomic E-state index is -0.0282. The second-order valence-electron chi connectivity index (χ2n) is 5.62. The second kappa shape index (κ2) is 7.05. The van der Waals surface area contributed by atoms with E-state index >= 15 is 0 Å². The molecule has 0 saturated carbocycles. The van der Waals surface area contributed by atoms with Crippen molar-refractivity contribution < 1.29 is 4.79 Å². The SMILES string of the molecule is CC(C)(C)CCNC(=O)Cn1cc(I)c(=O)c(I)c1. The van der Waals surface area contributed by atoms with Crippen LogP contribution >= 0.6 is 45.2 Å². The van der Waals surface area contributed by atoms with E-state index < -0.39 is 0 Å². The summed E-state index contributed by atoms with van der Waals surface area (Å²) in [7, 11) is 0. The van der Waals surface area contributed by atoms with Crippen LogP contribution in [0.5, 0.6) is 0 Å². The molecule has 4 nitrogen and oxygen atoms in total. The fourth-order valence-electron chi connectivity index (χ4n) is 1.45. The normalized spacial score (nSPS) is 11.4. The molecule has 1 rings (SSSR count). The molecule has 6 heteroatoms. The van der Waals surface area contributed by atoms with Crippen LogP contribution in [-0.4, -0.2) is 17.0 Å². The molecule has 0 unspecified atom stereocenters. The van der Waals surface area contributed by atoms with Gasteiger partial charge >= 0.3 is 0 Å². The highest BCUT2D eigenvalue weighted by atomic mass is 127. The minimum absolute atomic E-state index is 0.0191. The van der Waals surface area contributed by atoms with Crippen molar-refractivity contribution in [3.05, 3.63) is 29.8 Å². The molecule has 0 aliphatic heterocycles. The maximum Gasteiger partial charge on any atom is 0.239 e. The molecule has 106 valence electrons. The Hall–Kier alpha value is -0.120. The number of rotatable bonds is 4. The lowest BCUT2D eigenvalue weighted by Gasteiger charge is -2.18. The fourth-order valence-corrected chi connectivity index (χ4v) is 3.26. The van der Waals surface area contributed by atoms with E-state index in [1.807, 2.05) is 45.2 Å². The standard InChI is InChI=1S/C13H18I2N2O2/c1-13(2,3)4-5-16-11(18)8-17-6-9(14)12(19)10(15)7-17/h6-7H,4-5,8H2,1-3H3,(H,16,18). The third kappa shape index (κ3) is 6.24. The Morgan fingerprint density at radius 3 is 2.26 bits per heavy atom. The van der Waals surface area contributed by atoms with Crippen LogP contribution < -0.4 is 10.7 Å². The summed E-state index contributed by atoms with van der Waals surface area (Å²) in [4.78, 5) is 23.4. The van der Waals surface area contributed by atoms with Crippen molar-refractivity contribution in [1.29, 1.82) is 0 Å². The van der Waals surface area contributed by atoms with E-state index in [4.69, 9.17) is 0 Å². The number of hydrogen-bond acceptors (Lipinski definition) is 2. The summed E-state index contributed by atoms with van der Waals surface area (Å²) in [6, 6.07) is 0. The molecule has 1 N–H and O–H groups in total. The van der Waals surface area contributed by atoms with Crippen LogP contribution in [0.3, 0.4) is 0 Å². The Morgan fingerprint density at radius 1 is 1.26 bits per heavy atom. The number of nitrogens with zero attached hydrogens (tertiary/aromatic N) is 1. The van der Waals surface area contributed by atoms with E-state index in [0.717, 1.165) is 6.42 Å². The summed E-state index contributed by atoms with van der Waals surface area (Å²) in [6.45, 7) is 7.36. The fraction of sp³-hybridized carbons (Fsp3) is 0.538. The van der Waals surface area contributed by atoms with Gasteiger partial charge in [-0.25, -0.2) is 0 Å². The smallest absolute Gasteiger partial charge is 0.239 e. The Labute approximate surface area is 140 Å². The van der Waals surface area contributed by atoms with Crippen LogP contribution in [0.1, 0.15) is 27.2 Å². The number of pyridine rings is 1. The Balaban J connectivity index is 2.56. The topological polar surface area (TPSA) is 51.1 Å². The van der Waals surface area contributed by atoms with Gasteiger partial charge < -0.3 is 9.88 Å². The lowest BCUT2D eigenvalue weighted by Crippen LogP contribution is -2.31. The van der Waals surface area contributed by atoms with Crippen LogP contribution in [0, 0.1) is 12.6 Å². The quantitative estimate of drug-likeness (QED) is 0.664. The first kappa shape index (κ1) is 16.9. The van der Waals surface area contributed by atoms with Crippen LogP contribution in [-0.2, 0) is 11.3 Å². The molecule has 1 aromatic heterocycles. The van der Waals surface area contributed by atoms with E-state index in [1.54, 1.807) is 17.0 Å². The lowest BCUT2D eigenvalue weighted by atomic mass is 9.92. The van der Waals surface area contributed by atoms with Gasteiger partial charge in [-0.2, -0.15) is 0 Å². The maximum absolute atomic E-state index is 11.8. The monoisotopic (exact) mass is 488 g/mol. The molecule has 1 heterocycles. The third-order valence-corrected chi connectivity index (χ3v) is 4.05. The number of nitrogens with one attached hydrogen (secondary N) is 1. The van der Waals surface area contributed by atoms with Gasteiger partial charge in [-0.15, -0.1) is 0 Å². The highest BCUT2D eigenvalue weighted by Gasteiger charge is 2.11. The molecular formula is C13H18I2N2O2. The molecule has 0 fully saturated rings. The predicted octanol–water partition coefficient (Wildman–Crippen LogP) is 2.61. The van der Waals surface area contributed by atoms with Gasteiger partial charge in [0.2, 0.25) is 11.3 Å². The molecule has 0 aliphatic rings.